The van der Waals surface area contributed by atoms with Gasteiger partial charge < -0.3 is 9.84 Å². The lowest BCUT2D eigenvalue weighted by Gasteiger charge is -2.11. The second kappa shape index (κ2) is 5.83. The summed E-state index contributed by atoms with van der Waals surface area (Å²) in [7, 11) is 1.48. The van der Waals surface area contributed by atoms with E-state index in [-0.39, 0.29) is 16.8 Å². The molecule has 2 N–H and O–H groups in total. The number of thiocarbonyl (C=S) groups is 1. The van der Waals surface area contributed by atoms with Crippen LogP contribution in [0.5, 0.6) is 11.5 Å². The molecule has 1 aromatic rings. The highest BCUT2D eigenvalue weighted by molar-refractivity contribution is 7.80. The van der Waals surface area contributed by atoms with E-state index in [1.807, 2.05) is 0 Å². The number of ether oxygens (including phenoxy) is 1. The molecule has 5 nitrogen and oxygen atoms in total. The molecule has 0 atom stereocenters. The summed E-state index contributed by atoms with van der Waals surface area (Å²) < 4.78 is 5.13. The Bertz CT molecular complexity index is 623. The van der Waals surface area contributed by atoms with E-state index in [1.54, 1.807) is 18.2 Å². The van der Waals surface area contributed by atoms with E-state index >= 15 is 0 Å². The smallest absolute Gasteiger partial charge is 0.272 e. The molecule has 104 valence electrons. The Hall–Kier alpha value is -2.21. The average Bonchev–Trinajstić information content (AvgIpc) is 2.71. The minimum Gasteiger partial charge on any atom is -0.504 e. The lowest BCUT2D eigenvalue weighted by molar-refractivity contribution is -0.113. The van der Waals surface area contributed by atoms with Crippen LogP contribution in [0.25, 0.3) is 0 Å². The molecule has 0 unspecified atom stereocenters. The highest BCUT2D eigenvalue weighted by Gasteiger charge is 2.21. The van der Waals surface area contributed by atoms with Crippen LogP contribution in [0.1, 0.15) is 11.1 Å². The Balaban J connectivity index is 2.34. The highest BCUT2D eigenvalue weighted by Crippen LogP contribution is 2.32. The van der Waals surface area contributed by atoms with Gasteiger partial charge in [0.05, 0.1) is 7.11 Å². The number of aliphatic imine (C=N–C) groups is 1. The van der Waals surface area contributed by atoms with E-state index < -0.39 is 0 Å². The van der Waals surface area contributed by atoms with Gasteiger partial charge in [0.2, 0.25) is 0 Å². The van der Waals surface area contributed by atoms with Crippen LogP contribution in [0.2, 0.25) is 0 Å². The maximum Gasteiger partial charge on any atom is 0.272 e. The normalized spacial score (nSPS) is 13.9. The van der Waals surface area contributed by atoms with Gasteiger partial charge >= 0.3 is 0 Å². The molecule has 0 radical (unpaired) electrons. The van der Waals surface area contributed by atoms with Crippen LogP contribution in [-0.2, 0) is 17.6 Å². The van der Waals surface area contributed by atoms with Crippen LogP contribution in [0.4, 0.5) is 0 Å². The van der Waals surface area contributed by atoms with Gasteiger partial charge in [-0.05, 0) is 30.3 Å². The molecule has 0 bridgehead atoms. The number of phenolic OH excluding ortho intramolecular Hbond substituents is 1. The molecule has 1 aliphatic heterocycles. The summed E-state index contributed by atoms with van der Waals surface area (Å²) >= 11 is 4.83. The van der Waals surface area contributed by atoms with E-state index in [9.17, 15) is 9.90 Å². The standard InChI is InChI=1S/C14H14N2O3S/c1-3-4-9-5-8(7-11(19-2)12(9)17)6-10-13(18)16-14(20)15-10/h3,5,7,17H,1,4,6H2,2H3,(H,16,18,20). The number of nitrogens with one attached hydrogen (secondary N) is 1. The second-order valence-electron chi connectivity index (χ2n) is 4.29. The maximum absolute atomic E-state index is 11.6. The first-order chi connectivity index (χ1) is 9.55. The molecule has 0 aliphatic carbocycles. The molecule has 20 heavy (non-hydrogen) atoms. The van der Waals surface area contributed by atoms with Crippen LogP contribution in [-0.4, -0.2) is 28.9 Å². The van der Waals surface area contributed by atoms with Gasteiger partial charge in [-0.25, -0.2) is 4.99 Å². The van der Waals surface area contributed by atoms with Gasteiger partial charge in [0.1, 0.15) is 5.71 Å². The minimum absolute atomic E-state index is 0.0875. The van der Waals surface area contributed by atoms with Gasteiger partial charge in [-0.3, -0.25) is 10.1 Å². The molecule has 1 aliphatic rings. The van der Waals surface area contributed by atoms with Crippen molar-refractivity contribution in [2.75, 3.05) is 7.11 Å². The van der Waals surface area contributed by atoms with Crippen molar-refractivity contribution in [1.82, 2.24) is 5.32 Å². The molecule has 6 heteroatoms. The summed E-state index contributed by atoms with van der Waals surface area (Å²) in [5, 5.41) is 12.6. The van der Waals surface area contributed by atoms with Gasteiger partial charge in [0.25, 0.3) is 5.91 Å². The Morgan fingerprint density at radius 2 is 2.30 bits per heavy atom. The predicted molar refractivity (Wildman–Crippen MR) is 80.4 cm³/mol. The fraction of sp³-hybridized carbons (Fsp3) is 0.214. The number of rotatable bonds is 5. The summed E-state index contributed by atoms with van der Waals surface area (Å²) in [4.78, 5) is 15.6. The molecule has 0 aromatic heterocycles. The average molecular weight is 290 g/mol. The van der Waals surface area contributed by atoms with Crippen molar-refractivity contribution >= 4 is 28.9 Å². The van der Waals surface area contributed by atoms with Crippen LogP contribution in [0, 0.1) is 0 Å². The predicted octanol–water partition coefficient (Wildman–Crippen LogP) is 1.53. The van der Waals surface area contributed by atoms with E-state index in [4.69, 9.17) is 17.0 Å². The van der Waals surface area contributed by atoms with Crippen LogP contribution < -0.4 is 10.1 Å². The lowest BCUT2D eigenvalue weighted by Crippen LogP contribution is -2.26. The Labute approximate surface area is 122 Å². The van der Waals surface area contributed by atoms with E-state index in [2.05, 4.69) is 16.9 Å². The quantitative estimate of drug-likeness (QED) is 0.637. The number of carbonyl (C=O) groups excluding carboxylic acids is 1. The third kappa shape index (κ3) is 2.85. The molecule has 0 saturated carbocycles. The number of amides is 1. The topological polar surface area (TPSA) is 70.9 Å². The first-order valence-corrected chi connectivity index (χ1v) is 6.38. The Morgan fingerprint density at radius 1 is 1.55 bits per heavy atom. The number of hydrogen-bond acceptors (Lipinski definition) is 4. The van der Waals surface area contributed by atoms with Crippen molar-refractivity contribution in [3.05, 3.63) is 35.9 Å². The minimum atomic E-state index is -0.285. The summed E-state index contributed by atoms with van der Waals surface area (Å²) in [5.41, 5.74) is 1.86. The SMILES string of the molecule is C=CCc1cc(CC2=NC(=S)NC2=O)cc(OC)c1O. The van der Waals surface area contributed by atoms with Crippen molar-refractivity contribution < 1.29 is 14.6 Å². The zero-order valence-corrected chi connectivity index (χ0v) is 11.8. The fourth-order valence-corrected chi connectivity index (χ4v) is 2.18. The first kappa shape index (κ1) is 14.2. The van der Waals surface area contributed by atoms with Gasteiger partial charge in [0.15, 0.2) is 16.6 Å². The molecular weight excluding hydrogens is 276 g/mol. The van der Waals surface area contributed by atoms with Crippen molar-refractivity contribution in [3.63, 3.8) is 0 Å². The second-order valence-corrected chi connectivity index (χ2v) is 4.68. The number of benzene rings is 1. The van der Waals surface area contributed by atoms with Gasteiger partial charge in [0, 0.05) is 12.0 Å². The van der Waals surface area contributed by atoms with Gasteiger partial charge in [-0.2, -0.15) is 0 Å². The number of aromatic hydroxyl groups is 1. The molecule has 2 rings (SSSR count). The molecular formula is C14H14N2O3S. The zero-order chi connectivity index (χ0) is 14.7. The Morgan fingerprint density at radius 3 is 2.85 bits per heavy atom. The molecule has 0 spiro atoms. The van der Waals surface area contributed by atoms with Crippen LogP contribution >= 0.6 is 12.2 Å². The maximum atomic E-state index is 11.6. The van der Waals surface area contributed by atoms with Crippen molar-refractivity contribution in [2.45, 2.75) is 12.8 Å². The van der Waals surface area contributed by atoms with Crippen molar-refractivity contribution in [3.8, 4) is 11.5 Å². The molecule has 1 heterocycles. The monoisotopic (exact) mass is 290 g/mol. The Kier molecular flexibility index (Phi) is 4.14. The van der Waals surface area contributed by atoms with Gasteiger partial charge in [-0.15, -0.1) is 6.58 Å². The molecule has 1 aromatic carbocycles. The first-order valence-electron chi connectivity index (χ1n) is 5.97. The third-order valence-corrected chi connectivity index (χ3v) is 3.08. The van der Waals surface area contributed by atoms with Crippen LogP contribution in [0.3, 0.4) is 0 Å². The van der Waals surface area contributed by atoms with Crippen LogP contribution in [0.15, 0.2) is 29.8 Å². The van der Waals surface area contributed by atoms with E-state index in [0.29, 0.717) is 29.9 Å². The highest BCUT2D eigenvalue weighted by atomic mass is 32.1. The zero-order valence-electron chi connectivity index (χ0n) is 11.0. The summed E-state index contributed by atoms with van der Waals surface area (Å²) in [6, 6.07) is 3.48. The summed E-state index contributed by atoms with van der Waals surface area (Å²) in [5.74, 6) is 0.165. The number of carbonyl (C=O) groups is 1. The number of phenols is 1. The molecule has 0 saturated heterocycles. The number of methoxy groups -OCH3 is 1. The van der Waals surface area contributed by atoms with Crippen molar-refractivity contribution in [2.24, 2.45) is 4.99 Å². The number of nitrogens with zero attached hydrogens (tertiary/aromatic N) is 1. The van der Waals surface area contributed by atoms with E-state index in [1.165, 1.54) is 7.11 Å². The number of allylic oxidation sites excluding steroid dienone is 1. The fourth-order valence-electron chi connectivity index (χ4n) is 1.98. The molecule has 1 amide bonds. The summed E-state index contributed by atoms with van der Waals surface area (Å²) in [6.45, 7) is 3.65. The van der Waals surface area contributed by atoms with Gasteiger partial charge in [-0.1, -0.05) is 12.1 Å². The van der Waals surface area contributed by atoms with E-state index in [0.717, 1.165) is 5.56 Å². The summed E-state index contributed by atoms with van der Waals surface area (Å²) in [6.07, 6.45) is 2.52. The third-order valence-electron chi connectivity index (χ3n) is 2.89. The molecule has 0 fully saturated rings. The van der Waals surface area contributed by atoms with Crippen molar-refractivity contribution in [1.29, 1.82) is 0 Å². The lowest BCUT2D eigenvalue weighted by atomic mass is 10.0. The number of hydrogen-bond donors (Lipinski definition) is 2. The largest absolute Gasteiger partial charge is 0.504 e.